The topological polar surface area (TPSA) is 78.4 Å². The maximum absolute atomic E-state index is 11.8. The van der Waals surface area contributed by atoms with Crippen molar-refractivity contribution in [1.82, 2.24) is 20.4 Å². The molecule has 8 nitrogen and oxygen atoms in total. The van der Waals surface area contributed by atoms with Crippen LogP contribution in [0.25, 0.3) is 0 Å². The van der Waals surface area contributed by atoms with Crippen LogP contribution in [0.5, 0.6) is 0 Å². The van der Waals surface area contributed by atoms with E-state index in [9.17, 15) is 4.79 Å². The monoisotopic (exact) mass is 513 g/mol. The smallest absolute Gasteiger partial charge is 0.243 e. The Balaban J connectivity index is 0.00000729. The van der Waals surface area contributed by atoms with Gasteiger partial charge in [0.05, 0.1) is 19.3 Å². The van der Waals surface area contributed by atoms with E-state index in [1.54, 1.807) is 19.0 Å². The van der Waals surface area contributed by atoms with Gasteiger partial charge in [0.2, 0.25) is 5.91 Å². The van der Waals surface area contributed by atoms with Gasteiger partial charge in [0.15, 0.2) is 5.96 Å². The van der Waals surface area contributed by atoms with Crippen molar-refractivity contribution in [2.45, 2.75) is 39.2 Å². The number of guanidine groups is 1. The molecule has 1 heterocycles. The minimum atomic E-state index is -0.00486. The number of hydrogen-bond donors (Lipinski definition) is 2. The van der Waals surface area contributed by atoms with Gasteiger partial charge in [0.25, 0.3) is 0 Å². The Morgan fingerprint density at radius 3 is 2.39 bits per heavy atom. The third-order valence-corrected chi connectivity index (χ3v) is 4.23. The van der Waals surface area contributed by atoms with Gasteiger partial charge < -0.3 is 25.0 Å². The summed E-state index contributed by atoms with van der Waals surface area (Å²) in [6.07, 6.45) is 3.32. The van der Waals surface area contributed by atoms with E-state index in [1.165, 1.54) is 0 Å². The largest absolute Gasteiger partial charge is 0.379 e. The highest BCUT2D eigenvalue weighted by atomic mass is 127. The van der Waals surface area contributed by atoms with E-state index >= 15 is 0 Å². The van der Waals surface area contributed by atoms with Crippen molar-refractivity contribution in [2.24, 2.45) is 4.99 Å². The molecule has 0 saturated carbocycles. The number of rotatable bonds is 12. The number of amides is 1. The first-order chi connectivity index (χ1) is 13.0. The number of nitrogens with one attached hydrogen (secondary N) is 2. The molecule has 2 N–H and O–H groups in total. The summed E-state index contributed by atoms with van der Waals surface area (Å²) >= 11 is 0. The van der Waals surface area contributed by atoms with Crippen molar-refractivity contribution in [3.8, 4) is 0 Å². The molecule has 1 fully saturated rings. The number of hydrogen-bond acceptors (Lipinski definition) is 5. The summed E-state index contributed by atoms with van der Waals surface area (Å²) in [6, 6.07) is 0. The molecule has 0 aromatic heterocycles. The van der Waals surface area contributed by atoms with Gasteiger partial charge in [-0.15, -0.1) is 24.0 Å². The van der Waals surface area contributed by atoms with Crippen molar-refractivity contribution < 1.29 is 14.3 Å². The van der Waals surface area contributed by atoms with Crippen LogP contribution in [0.4, 0.5) is 0 Å². The fourth-order valence-electron chi connectivity index (χ4n) is 2.55. The number of morpholine rings is 1. The Hall–Kier alpha value is -0.650. The molecule has 0 bridgehead atoms. The van der Waals surface area contributed by atoms with Gasteiger partial charge in [-0.2, -0.15) is 0 Å². The third kappa shape index (κ3) is 14.4. The van der Waals surface area contributed by atoms with E-state index in [0.29, 0.717) is 5.96 Å². The van der Waals surface area contributed by atoms with Gasteiger partial charge >= 0.3 is 0 Å². The van der Waals surface area contributed by atoms with Gasteiger partial charge in [-0.05, 0) is 39.7 Å². The number of likely N-dealkylation sites (N-methyl/N-ethyl adjacent to an activating group) is 1. The van der Waals surface area contributed by atoms with Crippen molar-refractivity contribution >= 4 is 35.8 Å². The lowest BCUT2D eigenvalue weighted by Gasteiger charge is -2.26. The fourth-order valence-corrected chi connectivity index (χ4v) is 2.55. The number of ether oxygens (including phenoxy) is 2. The zero-order valence-electron chi connectivity index (χ0n) is 18.0. The van der Waals surface area contributed by atoms with Crippen LogP contribution in [0.3, 0.4) is 0 Å². The highest BCUT2D eigenvalue weighted by Crippen LogP contribution is 1.97. The van der Waals surface area contributed by atoms with Crippen molar-refractivity contribution in [2.75, 3.05) is 73.2 Å². The quantitative estimate of drug-likeness (QED) is 0.177. The normalized spacial score (nSPS) is 15.2. The second-order valence-corrected chi connectivity index (χ2v) is 7.24. The second-order valence-electron chi connectivity index (χ2n) is 7.24. The Labute approximate surface area is 187 Å². The van der Waals surface area contributed by atoms with Crippen LogP contribution in [-0.4, -0.2) is 101 Å². The average molecular weight is 513 g/mol. The summed E-state index contributed by atoms with van der Waals surface area (Å²) in [6.45, 7) is 11.4. The number of aliphatic imine (C=N–C) groups is 1. The molecule has 0 aromatic carbocycles. The van der Waals surface area contributed by atoms with E-state index in [4.69, 9.17) is 9.47 Å². The molecule has 166 valence electrons. The molecule has 0 spiro atoms. The zero-order chi connectivity index (χ0) is 19.9. The molecule has 28 heavy (non-hydrogen) atoms. The number of nitrogens with zero attached hydrogens (tertiary/aromatic N) is 3. The summed E-state index contributed by atoms with van der Waals surface area (Å²) in [5, 5.41) is 6.66. The van der Waals surface area contributed by atoms with Crippen LogP contribution in [-0.2, 0) is 14.3 Å². The van der Waals surface area contributed by atoms with Crippen LogP contribution in [0.2, 0.25) is 0 Å². The number of carbonyl (C=O) groups is 1. The molecule has 1 aliphatic rings. The van der Waals surface area contributed by atoms with E-state index < -0.39 is 0 Å². The Kier molecular flexibility index (Phi) is 16.8. The van der Waals surface area contributed by atoms with E-state index in [1.807, 2.05) is 13.8 Å². The van der Waals surface area contributed by atoms with Gasteiger partial charge in [-0.1, -0.05) is 0 Å². The molecule has 0 atom stereocenters. The van der Waals surface area contributed by atoms with Crippen molar-refractivity contribution in [3.05, 3.63) is 0 Å². The lowest BCUT2D eigenvalue weighted by Crippen LogP contribution is -2.41. The van der Waals surface area contributed by atoms with Crippen LogP contribution in [0, 0.1) is 0 Å². The SMILES string of the molecule is CC(C)OCCCCNC(=NCC(=O)N(C)C)NCCCN1CCOCC1.I. The Bertz CT molecular complexity index is 430. The molecule has 1 aliphatic heterocycles. The lowest BCUT2D eigenvalue weighted by atomic mass is 10.3. The molecule has 0 aromatic rings. The van der Waals surface area contributed by atoms with E-state index in [0.717, 1.165) is 71.8 Å². The molecule has 1 amide bonds. The maximum atomic E-state index is 11.8. The molecule has 1 saturated heterocycles. The number of carbonyl (C=O) groups excluding carboxylic acids is 1. The van der Waals surface area contributed by atoms with Crippen LogP contribution >= 0.6 is 24.0 Å². The Morgan fingerprint density at radius 1 is 1.14 bits per heavy atom. The predicted molar refractivity (Wildman–Crippen MR) is 125 cm³/mol. The minimum absolute atomic E-state index is 0. The summed E-state index contributed by atoms with van der Waals surface area (Å²) in [7, 11) is 3.49. The molecule has 0 radical (unpaired) electrons. The summed E-state index contributed by atoms with van der Waals surface area (Å²) in [5.74, 6) is 0.701. The minimum Gasteiger partial charge on any atom is -0.379 e. The summed E-state index contributed by atoms with van der Waals surface area (Å²) in [5.41, 5.74) is 0. The number of unbranched alkanes of at least 4 members (excludes halogenated alkanes) is 1. The predicted octanol–water partition coefficient (Wildman–Crippen LogP) is 1.16. The highest BCUT2D eigenvalue weighted by molar-refractivity contribution is 14.0. The van der Waals surface area contributed by atoms with Gasteiger partial charge in [0, 0.05) is 46.9 Å². The van der Waals surface area contributed by atoms with E-state index in [-0.39, 0.29) is 42.5 Å². The molecule has 9 heteroatoms. The Morgan fingerprint density at radius 2 is 1.79 bits per heavy atom. The zero-order valence-corrected chi connectivity index (χ0v) is 20.4. The van der Waals surface area contributed by atoms with E-state index in [2.05, 4.69) is 20.5 Å². The fraction of sp³-hybridized carbons (Fsp3) is 0.895. The molecule has 0 aliphatic carbocycles. The lowest BCUT2D eigenvalue weighted by molar-refractivity contribution is -0.127. The van der Waals surface area contributed by atoms with Crippen LogP contribution in [0.1, 0.15) is 33.1 Å². The molecule has 0 unspecified atom stereocenters. The second kappa shape index (κ2) is 17.2. The van der Waals surface area contributed by atoms with Gasteiger partial charge in [0.1, 0.15) is 6.54 Å². The molecular formula is C19H40IN5O3. The first kappa shape index (κ1) is 27.4. The third-order valence-electron chi connectivity index (χ3n) is 4.23. The van der Waals surface area contributed by atoms with Gasteiger partial charge in [-0.25, -0.2) is 4.99 Å². The number of halogens is 1. The molecule has 1 rings (SSSR count). The van der Waals surface area contributed by atoms with Crippen LogP contribution < -0.4 is 10.6 Å². The standard InChI is InChI=1S/C19H39N5O3.HI/c1-17(2)27-13-6-5-8-20-19(22-16-18(25)23(3)4)21-9-7-10-24-11-14-26-15-12-24;/h17H,5-16H2,1-4H3,(H2,20,21,22);1H. The maximum Gasteiger partial charge on any atom is 0.243 e. The average Bonchev–Trinajstić information content (AvgIpc) is 2.65. The molecular weight excluding hydrogens is 473 g/mol. The van der Waals surface area contributed by atoms with Crippen molar-refractivity contribution in [3.63, 3.8) is 0 Å². The summed E-state index contributed by atoms with van der Waals surface area (Å²) in [4.78, 5) is 20.2. The first-order valence-electron chi connectivity index (χ1n) is 10.1. The van der Waals surface area contributed by atoms with Crippen molar-refractivity contribution in [1.29, 1.82) is 0 Å². The first-order valence-corrected chi connectivity index (χ1v) is 10.1. The van der Waals surface area contributed by atoms with Crippen LogP contribution in [0.15, 0.2) is 4.99 Å². The highest BCUT2D eigenvalue weighted by Gasteiger charge is 2.09. The van der Waals surface area contributed by atoms with Gasteiger partial charge in [-0.3, -0.25) is 9.69 Å². The summed E-state index contributed by atoms with van der Waals surface area (Å²) < 4.78 is 10.9.